The van der Waals surface area contributed by atoms with Gasteiger partial charge in [0.15, 0.2) is 5.69 Å². The smallest absolute Gasteiger partial charge is 0.275 e. The van der Waals surface area contributed by atoms with Crippen molar-refractivity contribution in [3.05, 3.63) is 72.8 Å². The van der Waals surface area contributed by atoms with Gasteiger partial charge in [-0.1, -0.05) is 61.4 Å². The Bertz CT molecular complexity index is 1180. The van der Waals surface area contributed by atoms with Gasteiger partial charge in [-0.2, -0.15) is 5.10 Å². The molecule has 2 aromatic heterocycles. The number of H-pyrrole nitrogens is 2. The molecule has 0 aliphatic rings. The standard InChI is InChI=1S/C26H29N5O2/c1-19(32)10-4-2-7-15-23(26-27-16-24(29-26)20-11-5-3-6-12-20)28-25(33)18-31-17-21-13-8-9-14-22(21)30-31/h3,5-6,8-9,11-14,16-17,23H,2,4,7,10,15,18H2,1H3,(H,27,29)(H,28,33)/p+1/t23-/m0/s1. The van der Waals surface area contributed by atoms with Crippen molar-refractivity contribution in [1.82, 2.24) is 20.1 Å². The molecule has 0 spiro atoms. The van der Waals surface area contributed by atoms with Crippen molar-refractivity contribution < 1.29 is 14.6 Å². The van der Waals surface area contributed by atoms with Crippen LogP contribution in [-0.2, 0) is 16.1 Å². The molecular formula is C26H30N5O2+. The van der Waals surface area contributed by atoms with E-state index in [2.05, 4.69) is 20.4 Å². The van der Waals surface area contributed by atoms with E-state index in [-0.39, 0.29) is 24.3 Å². The lowest BCUT2D eigenvalue weighted by Crippen LogP contribution is -2.34. The summed E-state index contributed by atoms with van der Waals surface area (Å²) in [5.41, 5.74) is 2.92. The Morgan fingerprint density at radius 1 is 1.06 bits per heavy atom. The molecule has 3 N–H and O–H groups in total. The SMILES string of the molecule is CC(=O)CCCCC[C@H](NC(=O)Cn1cc2ccccc2n1)c1[nH]c(-c2ccccc2)c[nH+]1. The molecule has 1 atom stereocenters. The number of amides is 1. The van der Waals surface area contributed by atoms with Gasteiger partial charge in [-0.3, -0.25) is 9.48 Å². The number of imidazole rings is 1. The summed E-state index contributed by atoms with van der Waals surface area (Å²) in [7, 11) is 0. The summed E-state index contributed by atoms with van der Waals surface area (Å²) in [5, 5.41) is 8.66. The van der Waals surface area contributed by atoms with E-state index < -0.39 is 0 Å². The molecule has 1 amide bonds. The molecule has 33 heavy (non-hydrogen) atoms. The first-order valence-electron chi connectivity index (χ1n) is 11.5. The third kappa shape index (κ3) is 6.16. The highest BCUT2D eigenvalue weighted by Gasteiger charge is 2.23. The number of rotatable bonds is 11. The maximum atomic E-state index is 12.9. The number of benzene rings is 2. The molecule has 0 radical (unpaired) electrons. The number of nitrogens with one attached hydrogen (secondary N) is 3. The zero-order valence-electron chi connectivity index (χ0n) is 18.9. The molecule has 7 nitrogen and oxygen atoms in total. The molecule has 0 bridgehead atoms. The molecule has 170 valence electrons. The first-order chi connectivity index (χ1) is 16.1. The van der Waals surface area contributed by atoms with Crippen LogP contribution < -0.4 is 10.3 Å². The van der Waals surface area contributed by atoms with Crippen LogP contribution >= 0.6 is 0 Å². The second-order valence-corrected chi connectivity index (χ2v) is 8.41. The molecule has 0 aliphatic carbocycles. The van der Waals surface area contributed by atoms with E-state index >= 15 is 0 Å². The highest BCUT2D eigenvalue weighted by Crippen LogP contribution is 2.21. The molecule has 0 saturated heterocycles. The molecule has 0 fully saturated rings. The number of aromatic amines is 2. The number of unbranched alkanes of at least 4 members (excludes halogenated alkanes) is 2. The molecule has 4 rings (SSSR count). The van der Waals surface area contributed by atoms with Crippen molar-refractivity contribution in [1.29, 1.82) is 0 Å². The predicted octanol–water partition coefficient (Wildman–Crippen LogP) is 4.24. The normalized spacial score (nSPS) is 12.0. The summed E-state index contributed by atoms with van der Waals surface area (Å²) in [6.07, 6.45) is 7.94. The number of hydrogen-bond donors (Lipinski definition) is 2. The second-order valence-electron chi connectivity index (χ2n) is 8.41. The van der Waals surface area contributed by atoms with Gasteiger partial charge in [-0.05, 0) is 25.8 Å². The first-order valence-corrected chi connectivity index (χ1v) is 11.5. The maximum absolute atomic E-state index is 12.9. The van der Waals surface area contributed by atoms with Crippen molar-refractivity contribution in [2.75, 3.05) is 0 Å². The van der Waals surface area contributed by atoms with Gasteiger partial charge in [0.2, 0.25) is 5.91 Å². The molecule has 4 aromatic rings. The van der Waals surface area contributed by atoms with Crippen molar-refractivity contribution >= 4 is 22.6 Å². The van der Waals surface area contributed by atoms with Gasteiger partial charge in [0, 0.05) is 23.6 Å². The van der Waals surface area contributed by atoms with E-state index in [0.29, 0.717) is 6.42 Å². The van der Waals surface area contributed by atoms with Crippen molar-refractivity contribution in [2.45, 2.75) is 51.6 Å². The van der Waals surface area contributed by atoms with Gasteiger partial charge in [0.05, 0.1) is 5.52 Å². The van der Waals surface area contributed by atoms with Crippen LogP contribution in [0, 0.1) is 0 Å². The summed E-state index contributed by atoms with van der Waals surface area (Å²) >= 11 is 0. The zero-order valence-corrected chi connectivity index (χ0v) is 18.9. The van der Waals surface area contributed by atoms with Gasteiger partial charge in [0.25, 0.3) is 5.82 Å². The number of aromatic nitrogens is 4. The van der Waals surface area contributed by atoms with Gasteiger partial charge >= 0.3 is 0 Å². The highest BCUT2D eigenvalue weighted by molar-refractivity contribution is 5.80. The first kappa shape index (κ1) is 22.5. The van der Waals surface area contributed by atoms with E-state index in [1.54, 1.807) is 11.6 Å². The van der Waals surface area contributed by atoms with E-state index in [4.69, 9.17) is 0 Å². The second kappa shape index (κ2) is 10.7. The van der Waals surface area contributed by atoms with Crippen LogP contribution in [0.2, 0.25) is 0 Å². The fraction of sp³-hybridized carbons (Fsp3) is 0.308. The minimum Gasteiger partial charge on any atom is -0.340 e. The van der Waals surface area contributed by atoms with Crippen LogP contribution in [0.15, 0.2) is 67.0 Å². The van der Waals surface area contributed by atoms with Crippen LogP contribution in [0.1, 0.15) is 50.9 Å². The largest absolute Gasteiger partial charge is 0.340 e. The molecule has 2 aromatic carbocycles. The number of hydrogen-bond acceptors (Lipinski definition) is 3. The molecule has 2 heterocycles. The predicted molar refractivity (Wildman–Crippen MR) is 127 cm³/mol. The van der Waals surface area contributed by atoms with Gasteiger partial charge in [0.1, 0.15) is 24.6 Å². The third-order valence-corrected chi connectivity index (χ3v) is 5.70. The quantitative estimate of drug-likeness (QED) is 0.339. The van der Waals surface area contributed by atoms with Crippen LogP contribution in [0.3, 0.4) is 0 Å². The molecule has 0 aliphatic heterocycles. The van der Waals surface area contributed by atoms with Crippen LogP contribution in [0.5, 0.6) is 0 Å². The van der Waals surface area contributed by atoms with E-state index in [1.807, 2.05) is 67.0 Å². The molecule has 7 heteroatoms. The number of fused-ring (bicyclic) bond motifs is 1. The third-order valence-electron chi connectivity index (χ3n) is 5.70. The van der Waals surface area contributed by atoms with E-state index in [1.165, 1.54) is 0 Å². The minimum atomic E-state index is -0.183. The number of nitrogens with zero attached hydrogens (tertiary/aromatic N) is 2. The highest BCUT2D eigenvalue weighted by atomic mass is 16.2. The van der Waals surface area contributed by atoms with Crippen molar-refractivity contribution in [3.8, 4) is 11.3 Å². The van der Waals surface area contributed by atoms with E-state index in [9.17, 15) is 9.59 Å². The average molecular weight is 445 g/mol. The number of ketones is 1. The van der Waals surface area contributed by atoms with Crippen LogP contribution in [0.25, 0.3) is 22.2 Å². The summed E-state index contributed by atoms with van der Waals surface area (Å²) < 4.78 is 1.68. The Labute approximate surface area is 193 Å². The summed E-state index contributed by atoms with van der Waals surface area (Å²) in [6, 6.07) is 17.7. The topological polar surface area (TPSA) is 93.9 Å². The minimum absolute atomic E-state index is 0.0965. The Kier molecular flexibility index (Phi) is 7.29. The van der Waals surface area contributed by atoms with E-state index in [0.717, 1.165) is 53.7 Å². The summed E-state index contributed by atoms with van der Waals surface area (Å²) in [6.45, 7) is 1.78. The lowest BCUT2D eigenvalue weighted by atomic mass is 10.1. The number of carbonyl (C=O) groups excluding carboxylic acids is 2. The molecule has 0 saturated carbocycles. The van der Waals surface area contributed by atoms with Gasteiger partial charge in [-0.25, -0.2) is 9.97 Å². The fourth-order valence-corrected chi connectivity index (χ4v) is 4.00. The van der Waals surface area contributed by atoms with Crippen LogP contribution in [-0.4, -0.2) is 26.5 Å². The lowest BCUT2D eigenvalue weighted by molar-refractivity contribution is -0.391. The monoisotopic (exact) mass is 444 g/mol. The van der Waals surface area contributed by atoms with Gasteiger partial charge < -0.3 is 10.1 Å². The maximum Gasteiger partial charge on any atom is 0.275 e. The fourth-order valence-electron chi connectivity index (χ4n) is 4.00. The molecular weight excluding hydrogens is 414 g/mol. The Hall–Kier alpha value is -3.74. The van der Waals surface area contributed by atoms with Gasteiger partial charge in [-0.15, -0.1) is 0 Å². The summed E-state index contributed by atoms with van der Waals surface area (Å²) in [5.74, 6) is 0.983. The van der Waals surface area contributed by atoms with Crippen LogP contribution in [0.4, 0.5) is 0 Å². The molecule has 0 unspecified atom stereocenters. The van der Waals surface area contributed by atoms with Crippen molar-refractivity contribution in [3.63, 3.8) is 0 Å². The Morgan fingerprint density at radius 2 is 1.85 bits per heavy atom. The average Bonchev–Trinajstić information content (AvgIpc) is 3.45. The Morgan fingerprint density at radius 3 is 2.64 bits per heavy atom. The number of carbonyl (C=O) groups is 2. The summed E-state index contributed by atoms with van der Waals surface area (Å²) in [4.78, 5) is 30.8. The zero-order chi connectivity index (χ0) is 23.0. The number of Topliss-reactive ketones (excluding diaryl/α,β-unsaturated/α-hetero) is 1. The van der Waals surface area contributed by atoms with Crippen molar-refractivity contribution in [2.24, 2.45) is 0 Å². The lowest BCUT2D eigenvalue weighted by Gasteiger charge is -2.14. The Balaban J connectivity index is 1.44.